The topological polar surface area (TPSA) is 0 Å². The van der Waals surface area contributed by atoms with Gasteiger partial charge < -0.3 is 0 Å². The Kier molecular flexibility index (Phi) is 3.33. The van der Waals surface area contributed by atoms with E-state index in [4.69, 9.17) is 0 Å². The number of halogens is 3. The average Bonchev–Trinajstić information content (AvgIpc) is 2.09. The summed E-state index contributed by atoms with van der Waals surface area (Å²) in [5, 5.41) is 0. The van der Waals surface area contributed by atoms with E-state index in [0.29, 0.717) is 18.9 Å². The summed E-state index contributed by atoms with van der Waals surface area (Å²) in [6.45, 7) is 5.45. The number of aryl methyl sites for hydroxylation is 1. The van der Waals surface area contributed by atoms with Gasteiger partial charge in [0.2, 0.25) is 0 Å². The minimum atomic E-state index is -1.15. The van der Waals surface area contributed by atoms with E-state index >= 15 is 0 Å². The molecule has 0 saturated heterocycles. The predicted molar refractivity (Wildman–Crippen MR) is 49.5 cm³/mol. The molecule has 0 unspecified atom stereocenters. The first-order valence-electron chi connectivity index (χ1n) is 4.28. The molecular weight excluding hydrogens is 189 g/mol. The molecule has 0 saturated carbocycles. The first-order valence-corrected chi connectivity index (χ1v) is 4.28. The smallest absolute Gasteiger partial charge is 0.161 e. The Labute approximate surface area is 81.1 Å². The largest absolute Gasteiger partial charge is 0.207 e. The Morgan fingerprint density at radius 3 is 2.29 bits per heavy atom. The Hall–Kier alpha value is -1.25. The van der Waals surface area contributed by atoms with Gasteiger partial charge in [-0.15, -0.1) is 6.58 Å². The maximum Gasteiger partial charge on any atom is 0.161 e. The van der Waals surface area contributed by atoms with Gasteiger partial charge in [-0.1, -0.05) is 5.57 Å². The quantitative estimate of drug-likeness (QED) is 0.516. The highest BCUT2D eigenvalue weighted by atomic mass is 19.2. The third kappa shape index (κ3) is 2.62. The van der Waals surface area contributed by atoms with Gasteiger partial charge in [0.1, 0.15) is 5.82 Å². The molecule has 0 atom stereocenters. The lowest BCUT2D eigenvalue weighted by Crippen LogP contribution is -1.95. The number of rotatable bonds is 3. The molecule has 1 aromatic carbocycles. The van der Waals surface area contributed by atoms with Gasteiger partial charge in [-0.25, -0.2) is 13.2 Å². The van der Waals surface area contributed by atoms with Crippen LogP contribution in [0, 0.1) is 17.5 Å². The van der Waals surface area contributed by atoms with Gasteiger partial charge in [0.15, 0.2) is 11.6 Å². The number of benzene rings is 1. The summed E-state index contributed by atoms with van der Waals surface area (Å²) in [7, 11) is 0. The second-order valence-corrected chi connectivity index (χ2v) is 3.31. The lowest BCUT2D eigenvalue weighted by Gasteiger charge is -2.03. The fraction of sp³-hybridized carbons (Fsp3) is 0.273. The number of hydrogen-bond acceptors (Lipinski definition) is 0. The standard InChI is InChI=1S/C11H11F3/c1-7(2)3-4-8-5-10(13)11(14)6-9(8)12/h5-6H,1,3-4H2,2H3. The van der Waals surface area contributed by atoms with Crippen molar-refractivity contribution in [2.75, 3.05) is 0 Å². The van der Waals surface area contributed by atoms with E-state index < -0.39 is 17.5 Å². The van der Waals surface area contributed by atoms with Gasteiger partial charge in [0, 0.05) is 6.07 Å². The van der Waals surface area contributed by atoms with Gasteiger partial charge >= 0.3 is 0 Å². The molecule has 0 fully saturated rings. The van der Waals surface area contributed by atoms with Crippen molar-refractivity contribution >= 4 is 0 Å². The molecule has 0 aliphatic rings. The van der Waals surface area contributed by atoms with Crippen LogP contribution < -0.4 is 0 Å². The molecule has 0 aromatic heterocycles. The maximum absolute atomic E-state index is 13.0. The Morgan fingerprint density at radius 1 is 1.14 bits per heavy atom. The molecule has 14 heavy (non-hydrogen) atoms. The molecule has 0 bridgehead atoms. The Balaban J connectivity index is 2.87. The van der Waals surface area contributed by atoms with E-state index in [1.54, 1.807) is 6.92 Å². The third-order valence-electron chi connectivity index (χ3n) is 1.91. The first-order chi connectivity index (χ1) is 6.50. The zero-order valence-corrected chi connectivity index (χ0v) is 7.91. The molecule has 3 heteroatoms. The summed E-state index contributed by atoms with van der Waals surface area (Å²) in [5.74, 6) is -2.87. The molecule has 76 valence electrons. The number of allylic oxidation sites excluding steroid dienone is 1. The summed E-state index contributed by atoms with van der Waals surface area (Å²) in [6, 6.07) is 1.47. The van der Waals surface area contributed by atoms with Crippen LogP contribution in [0.15, 0.2) is 24.3 Å². The van der Waals surface area contributed by atoms with Gasteiger partial charge in [-0.3, -0.25) is 0 Å². The highest BCUT2D eigenvalue weighted by Crippen LogP contribution is 2.16. The molecule has 0 spiro atoms. The lowest BCUT2D eigenvalue weighted by atomic mass is 10.1. The summed E-state index contributed by atoms with van der Waals surface area (Å²) in [6.07, 6.45) is 0.917. The van der Waals surface area contributed by atoms with Gasteiger partial charge in [0.25, 0.3) is 0 Å². The van der Waals surface area contributed by atoms with Crippen LogP contribution in [0.5, 0.6) is 0 Å². The van der Waals surface area contributed by atoms with Crippen LogP contribution in [0.1, 0.15) is 18.9 Å². The van der Waals surface area contributed by atoms with Crippen LogP contribution in [0.2, 0.25) is 0 Å². The molecular formula is C11H11F3. The second kappa shape index (κ2) is 4.31. The third-order valence-corrected chi connectivity index (χ3v) is 1.91. The van der Waals surface area contributed by atoms with Crippen LogP contribution in [-0.4, -0.2) is 0 Å². The van der Waals surface area contributed by atoms with Crippen LogP contribution in [-0.2, 0) is 6.42 Å². The highest BCUT2D eigenvalue weighted by Gasteiger charge is 2.09. The molecule has 1 aromatic rings. The molecule has 0 aliphatic carbocycles. The number of hydrogen-bond donors (Lipinski definition) is 0. The highest BCUT2D eigenvalue weighted by molar-refractivity contribution is 5.21. The molecule has 0 N–H and O–H groups in total. The second-order valence-electron chi connectivity index (χ2n) is 3.31. The normalized spacial score (nSPS) is 10.3. The Morgan fingerprint density at radius 2 is 1.71 bits per heavy atom. The predicted octanol–water partition coefficient (Wildman–Crippen LogP) is 3.61. The fourth-order valence-corrected chi connectivity index (χ4v) is 1.10. The van der Waals surface area contributed by atoms with Gasteiger partial charge in [-0.05, 0) is 31.4 Å². The molecule has 0 nitrogen and oxygen atoms in total. The monoisotopic (exact) mass is 200 g/mol. The molecule has 0 radical (unpaired) electrons. The van der Waals surface area contributed by atoms with E-state index in [2.05, 4.69) is 6.58 Å². The van der Waals surface area contributed by atoms with Crippen molar-refractivity contribution in [2.45, 2.75) is 19.8 Å². The van der Waals surface area contributed by atoms with E-state index in [-0.39, 0.29) is 5.56 Å². The molecule has 0 heterocycles. The zero-order valence-electron chi connectivity index (χ0n) is 7.91. The molecule has 0 amide bonds. The van der Waals surface area contributed by atoms with Crippen molar-refractivity contribution in [1.82, 2.24) is 0 Å². The van der Waals surface area contributed by atoms with Crippen LogP contribution in [0.4, 0.5) is 13.2 Å². The summed E-state index contributed by atoms with van der Waals surface area (Å²) in [4.78, 5) is 0. The summed E-state index contributed by atoms with van der Waals surface area (Å²) < 4.78 is 38.3. The minimum absolute atomic E-state index is 0.187. The lowest BCUT2D eigenvalue weighted by molar-refractivity contribution is 0.490. The summed E-state index contributed by atoms with van der Waals surface area (Å²) in [5.41, 5.74) is 1.07. The van der Waals surface area contributed by atoms with Crippen molar-refractivity contribution in [1.29, 1.82) is 0 Å². The average molecular weight is 200 g/mol. The fourth-order valence-electron chi connectivity index (χ4n) is 1.10. The first kappa shape index (κ1) is 10.8. The van der Waals surface area contributed by atoms with Gasteiger partial charge in [-0.2, -0.15) is 0 Å². The van der Waals surface area contributed by atoms with Crippen molar-refractivity contribution in [2.24, 2.45) is 0 Å². The SMILES string of the molecule is C=C(C)CCc1cc(F)c(F)cc1F. The van der Waals surface area contributed by atoms with Crippen LogP contribution >= 0.6 is 0 Å². The van der Waals surface area contributed by atoms with E-state index in [1.807, 2.05) is 0 Å². The van der Waals surface area contributed by atoms with Crippen LogP contribution in [0.3, 0.4) is 0 Å². The Bertz CT molecular complexity index is 356. The van der Waals surface area contributed by atoms with E-state index in [9.17, 15) is 13.2 Å². The molecule has 1 rings (SSSR count). The minimum Gasteiger partial charge on any atom is -0.207 e. The summed E-state index contributed by atoms with van der Waals surface area (Å²) >= 11 is 0. The van der Waals surface area contributed by atoms with Crippen molar-refractivity contribution in [3.63, 3.8) is 0 Å². The van der Waals surface area contributed by atoms with Crippen molar-refractivity contribution < 1.29 is 13.2 Å². The van der Waals surface area contributed by atoms with Crippen molar-refractivity contribution in [3.8, 4) is 0 Å². The van der Waals surface area contributed by atoms with E-state index in [1.165, 1.54) is 0 Å². The molecule has 0 aliphatic heterocycles. The van der Waals surface area contributed by atoms with E-state index in [0.717, 1.165) is 11.6 Å². The zero-order chi connectivity index (χ0) is 10.7. The van der Waals surface area contributed by atoms with Crippen LogP contribution in [0.25, 0.3) is 0 Å². The van der Waals surface area contributed by atoms with Crippen molar-refractivity contribution in [3.05, 3.63) is 47.3 Å². The van der Waals surface area contributed by atoms with Gasteiger partial charge in [0.05, 0.1) is 0 Å². The maximum atomic E-state index is 13.0.